The molecule has 1 aromatic heterocycles. The Labute approximate surface area is 146 Å². The predicted octanol–water partition coefficient (Wildman–Crippen LogP) is 2.47. The van der Waals surface area contributed by atoms with E-state index in [-0.39, 0.29) is 11.7 Å². The van der Waals surface area contributed by atoms with Crippen LogP contribution in [-0.2, 0) is 16.0 Å². The van der Waals surface area contributed by atoms with Crippen LogP contribution >= 0.6 is 0 Å². The molecule has 1 aromatic carbocycles. The third-order valence-electron chi connectivity index (χ3n) is 4.25. The number of amides is 1. The largest absolute Gasteiger partial charge is 0.461 e. The average Bonchev–Trinajstić information content (AvgIpc) is 3.10. The number of nitrogens with zero attached hydrogens (tertiary/aromatic N) is 1. The van der Waals surface area contributed by atoms with Gasteiger partial charge in [-0.15, -0.1) is 0 Å². The Balaban J connectivity index is 1.41. The Hall–Kier alpha value is -2.18. The molecule has 1 amide bonds. The number of aryl methyl sites for hydroxylation is 1. The smallest absolute Gasteiger partial charge is 0.220 e. The van der Waals surface area contributed by atoms with Crippen molar-refractivity contribution in [2.24, 2.45) is 0 Å². The number of carbonyl (C=O) groups excluding carboxylic acids is 1. The minimum absolute atomic E-state index is 0.00268. The summed E-state index contributed by atoms with van der Waals surface area (Å²) in [5.74, 6) is 0.851. The molecule has 0 atom stereocenters. The van der Waals surface area contributed by atoms with Crippen molar-refractivity contribution in [1.29, 1.82) is 0 Å². The second kappa shape index (κ2) is 8.78. The number of rotatable bonds is 7. The van der Waals surface area contributed by atoms with E-state index in [2.05, 4.69) is 10.2 Å². The van der Waals surface area contributed by atoms with Crippen LogP contribution in [0.2, 0.25) is 0 Å². The quantitative estimate of drug-likeness (QED) is 0.837. The molecule has 5 nitrogen and oxygen atoms in total. The molecule has 1 aliphatic heterocycles. The lowest BCUT2D eigenvalue weighted by atomic mass is 10.1. The fraction of sp³-hybridized carbons (Fsp3) is 0.421. The normalized spacial score (nSPS) is 15.2. The zero-order valence-corrected chi connectivity index (χ0v) is 14.2. The molecule has 25 heavy (non-hydrogen) atoms. The van der Waals surface area contributed by atoms with Gasteiger partial charge in [-0.2, -0.15) is 0 Å². The molecule has 0 aliphatic carbocycles. The van der Waals surface area contributed by atoms with Crippen LogP contribution in [-0.4, -0.2) is 50.2 Å². The maximum atomic E-state index is 13.8. The highest BCUT2D eigenvalue weighted by Crippen LogP contribution is 2.25. The molecule has 0 radical (unpaired) electrons. The van der Waals surface area contributed by atoms with E-state index in [0.717, 1.165) is 32.8 Å². The fourth-order valence-corrected chi connectivity index (χ4v) is 2.82. The molecule has 1 aliphatic rings. The van der Waals surface area contributed by atoms with Crippen molar-refractivity contribution >= 4 is 5.91 Å². The van der Waals surface area contributed by atoms with E-state index in [1.807, 2.05) is 0 Å². The van der Waals surface area contributed by atoms with Crippen LogP contribution in [0.4, 0.5) is 4.39 Å². The molecule has 2 heterocycles. The molecule has 0 unspecified atom stereocenters. The van der Waals surface area contributed by atoms with Crippen LogP contribution < -0.4 is 5.32 Å². The zero-order valence-electron chi connectivity index (χ0n) is 14.2. The second-order valence-corrected chi connectivity index (χ2v) is 6.05. The summed E-state index contributed by atoms with van der Waals surface area (Å²) in [5, 5.41) is 2.92. The van der Waals surface area contributed by atoms with E-state index < -0.39 is 0 Å². The lowest BCUT2D eigenvalue weighted by molar-refractivity contribution is -0.121. The zero-order chi connectivity index (χ0) is 17.5. The van der Waals surface area contributed by atoms with Gasteiger partial charge in [0, 0.05) is 39.0 Å². The summed E-state index contributed by atoms with van der Waals surface area (Å²) in [5.41, 5.74) is 0.434. The highest BCUT2D eigenvalue weighted by Gasteiger charge is 2.12. The molecule has 1 N–H and O–H groups in total. The van der Waals surface area contributed by atoms with Gasteiger partial charge in [0.1, 0.15) is 17.3 Å². The summed E-state index contributed by atoms with van der Waals surface area (Å²) in [7, 11) is 0. The number of ether oxygens (including phenoxy) is 1. The number of hydrogen-bond acceptors (Lipinski definition) is 4. The van der Waals surface area contributed by atoms with E-state index in [0.29, 0.717) is 36.5 Å². The molecule has 6 heteroatoms. The summed E-state index contributed by atoms with van der Waals surface area (Å²) in [6.45, 7) is 4.83. The molecule has 0 spiro atoms. The lowest BCUT2D eigenvalue weighted by Gasteiger charge is -2.26. The van der Waals surface area contributed by atoms with Gasteiger partial charge < -0.3 is 14.5 Å². The molecule has 1 fully saturated rings. The summed E-state index contributed by atoms with van der Waals surface area (Å²) < 4.78 is 24.7. The number of furan rings is 1. The number of benzene rings is 1. The van der Waals surface area contributed by atoms with Crippen LogP contribution in [0.3, 0.4) is 0 Å². The van der Waals surface area contributed by atoms with Gasteiger partial charge in [-0.05, 0) is 24.3 Å². The Morgan fingerprint density at radius 3 is 2.76 bits per heavy atom. The van der Waals surface area contributed by atoms with Crippen LogP contribution in [0.15, 0.2) is 40.8 Å². The van der Waals surface area contributed by atoms with Gasteiger partial charge in [0.05, 0.1) is 18.8 Å². The molecule has 1 saturated heterocycles. The van der Waals surface area contributed by atoms with Crippen molar-refractivity contribution in [3.63, 3.8) is 0 Å². The van der Waals surface area contributed by atoms with Crippen molar-refractivity contribution in [2.75, 3.05) is 39.4 Å². The molecule has 0 saturated carbocycles. The van der Waals surface area contributed by atoms with E-state index in [9.17, 15) is 9.18 Å². The Morgan fingerprint density at radius 2 is 1.96 bits per heavy atom. The van der Waals surface area contributed by atoms with Crippen molar-refractivity contribution in [2.45, 2.75) is 12.8 Å². The van der Waals surface area contributed by atoms with Gasteiger partial charge in [-0.1, -0.05) is 12.1 Å². The topological polar surface area (TPSA) is 54.7 Å². The monoisotopic (exact) mass is 346 g/mol. The van der Waals surface area contributed by atoms with Gasteiger partial charge in [0.25, 0.3) is 0 Å². The number of morpholine rings is 1. The first kappa shape index (κ1) is 17.6. The minimum Gasteiger partial charge on any atom is -0.461 e. The summed E-state index contributed by atoms with van der Waals surface area (Å²) in [6, 6.07) is 10.0. The Kier molecular flexibility index (Phi) is 6.19. The summed E-state index contributed by atoms with van der Waals surface area (Å²) in [4.78, 5) is 14.2. The highest BCUT2D eigenvalue weighted by molar-refractivity contribution is 5.76. The van der Waals surface area contributed by atoms with E-state index in [1.54, 1.807) is 30.3 Å². The van der Waals surface area contributed by atoms with Gasteiger partial charge in [-0.25, -0.2) is 4.39 Å². The van der Waals surface area contributed by atoms with Crippen molar-refractivity contribution in [3.8, 4) is 11.3 Å². The first-order valence-corrected chi connectivity index (χ1v) is 8.63. The fourth-order valence-electron chi connectivity index (χ4n) is 2.82. The molecule has 134 valence electrons. The molecule has 2 aromatic rings. The number of nitrogens with one attached hydrogen (secondary N) is 1. The van der Waals surface area contributed by atoms with Crippen LogP contribution in [0.1, 0.15) is 12.2 Å². The van der Waals surface area contributed by atoms with Gasteiger partial charge in [0.2, 0.25) is 5.91 Å². The Bertz CT molecular complexity index is 695. The third-order valence-corrected chi connectivity index (χ3v) is 4.25. The standard InChI is InChI=1S/C19H23FN2O3/c20-17-4-2-1-3-16(17)18-7-5-15(25-18)6-8-19(23)21-9-10-22-11-13-24-14-12-22/h1-5,7H,6,8-14H2,(H,21,23). The van der Waals surface area contributed by atoms with Crippen molar-refractivity contribution in [1.82, 2.24) is 10.2 Å². The second-order valence-electron chi connectivity index (χ2n) is 6.05. The number of halogens is 1. The minimum atomic E-state index is -0.316. The van der Waals surface area contributed by atoms with Crippen molar-refractivity contribution < 1.29 is 18.3 Å². The van der Waals surface area contributed by atoms with E-state index >= 15 is 0 Å². The first-order valence-electron chi connectivity index (χ1n) is 8.63. The molecular weight excluding hydrogens is 323 g/mol. The molecule has 0 bridgehead atoms. The number of hydrogen-bond donors (Lipinski definition) is 1. The van der Waals surface area contributed by atoms with Crippen LogP contribution in [0, 0.1) is 5.82 Å². The molecule has 3 rings (SSSR count). The third kappa shape index (κ3) is 5.14. The van der Waals surface area contributed by atoms with Gasteiger partial charge in [-0.3, -0.25) is 9.69 Å². The van der Waals surface area contributed by atoms with Crippen LogP contribution in [0.5, 0.6) is 0 Å². The van der Waals surface area contributed by atoms with Crippen LogP contribution in [0.25, 0.3) is 11.3 Å². The average molecular weight is 346 g/mol. The van der Waals surface area contributed by atoms with Gasteiger partial charge >= 0.3 is 0 Å². The highest BCUT2D eigenvalue weighted by atomic mass is 19.1. The maximum Gasteiger partial charge on any atom is 0.220 e. The lowest BCUT2D eigenvalue weighted by Crippen LogP contribution is -2.41. The number of carbonyl (C=O) groups is 1. The first-order chi connectivity index (χ1) is 12.2. The van der Waals surface area contributed by atoms with Gasteiger partial charge in [0.15, 0.2) is 0 Å². The molecular formula is C19H23FN2O3. The maximum absolute atomic E-state index is 13.8. The van der Waals surface area contributed by atoms with E-state index in [1.165, 1.54) is 6.07 Å². The summed E-state index contributed by atoms with van der Waals surface area (Å²) >= 11 is 0. The van der Waals surface area contributed by atoms with Crippen molar-refractivity contribution in [3.05, 3.63) is 48.0 Å². The Morgan fingerprint density at radius 1 is 1.16 bits per heavy atom. The SMILES string of the molecule is O=C(CCc1ccc(-c2ccccc2F)o1)NCCN1CCOCC1. The predicted molar refractivity (Wildman–Crippen MR) is 92.7 cm³/mol. The van der Waals surface area contributed by atoms with E-state index in [4.69, 9.17) is 9.15 Å². The summed E-state index contributed by atoms with van der Waals surface area (Å²) in [6.07, 6.45) is 0.852.